The summed E-state index contributed by atoms with van der Waals surface area (Å²) in [7, 11) is 1.52. The number of esters is 1. The van der Waals surface area contributed by atoms with Gasteiger partial charge in [-0.25, -0.2) is 9.59 Å². The third-order valence-electron chi connectivity index (χ3n) is 5.53. The zero-order valence-corrected chi connectivity index (χ0v) is 21.2. The van der Waals surface area contributed by atoms with E-state index in [4.69, 9.17) is 37.4 Å². The quantitative estimate of drug-likeness (QED) is 0.356. The van der Waals surface area contributed by atoms with Crippen molar-refractivity contribution in [2.24, 2.45) is 0 Å². The van der Waals surface area contributed by atoms with E-state index in [-0.39, 0.29) is 18.8 Å². The number of nitrogens with one attached hydrogen (secondary N) is 2. The molecule has 4 rings (SSSR count). The molecule has 1 aliphatic rings. The zero-order valence-electron chi connectivity index (χ0n) is 19.6. The molecule has 186 valence electrons. The van der Waals surface area contributed by atoms with Crippen LogP contribution >= 0.6 is 23.2 Å². The predicted octanol–water partition coefficient (Wildman–Crippen LogP) is 5.91. The van der Waals surface area contributed by atoms with Crippen molar-refractivity contribution in [3.8, 4) is 11.5 Å². The first kappa shape index (κ1) is 25.4. The summed E-state index contributed by atoms with van der Waals surface area (Å²) in [6.45, 7) is 2.16. The molecule has 0 fully saturated rings. The van der Waals surface area contributed by atoms with Gasteiger partial charge in [0.05, 0.1) is 41.1 Å². The lowest BCUT2D eigenvalue weighted by Crippen LogP contribution is -2.45. The minimum absolute atomic E-state index is 0.190. The molecule has 1 aliphatic heterocycles. The van der Waals surface area contributed by atoms with Crippen molar-refractivity contribution in [3.63, 3.8) is 0 Å². The highest BCUT2D eigenvalue weighted by molar-refractivity contribution is 6.42. The average Bonchev–Trinajstić information content (AvgIpc) is 2.89. The van der Waals surface area contributed by atoms with E-state index in [9.17, 15) is 9.59 Å². The first-order valence-electron chi connectivity index (χ1n) is 11.2. The lowest BCUT2D eigenvalue weighted by molar-refractivity contribution is -0.138. The van der Waals surface area contributed by atoms with E-state index in [1.54, 1.807) is 37.3 Å². The Bertz CT molecular complexity index is 1310. The van der Waals surface area contributed by atoms with Crippen LogP contribution in [0.25, 0.3) is 5.70 Å². The molecule has 2 amide bonds. The predicted molar refractivity (Wildman–Crippen MR) is 138 cm³/mol. The van der Waals surface area contributed by atoms with Crippen molar-refractivity contribution in [2.45, 2.75) is 19.6 Å². The van der Waals surface area contributed by atoms with Gasteiger partial charge >= 0.3 is 12.0 Å². The second-order valence-electron chi connectivity index (χ2n) is 7.85. The molecule has 0 radical (unpaired) electrons. The maximum Gasteiger partial charge on any atom is 0.338 e. The Kier molecular flexibility index (Phi) is 8.03. The molecular formula is C27H24Cl2N2O5. The van der Waals surface area contributed by atoms with Crippen molar-refractivity contribution < 1.29 is 23.8 Å². The van der Waals surface area contributed by atoms with Crippen LogP contribution in [0, 0.1) is 0 Å². The summed E-state index contributed by atoms with van der Waals surface area (Å²) >= 11 is 12.1. The summed E-state index contributed by atoms with van der Waals surface area (Å²) in [4.78, 5) is 25.7. The second kappa shape index (κ2) is 11.4. The van der Waals surface area contributed by atoms with Crippen molar-refractivity contribution in [1.29, 1.82) is 0 Å². The van der Waals surface area contributed by atoms with Crippen LogP contribution in [0.4, 0.5) is 4.79 Å². The van der Waals surface area contributed by atoms with E-state index in [1.165, 1.54) is 7.11 Å². The SMILES string of the molecule is CCOC(=O)C1=C(c2ccccc2)NC(=O)N[C@H]1c1ccc(OCc2ccc(Cl)c(Cl)c2)c(OC)c1. The Hall–Kier alpha value is -3.68. The molecule has 7 nitrogen and oxygen atoms in total. The highest BCUT2D eigenvalue weighted by atomic mass is 35.5. The number of hydrogen-bond acceptors (Lipinski definition) is 5. The number of carbonyl (C=O) groups excluding carboxylic acids is 2. The van der Waals surface area contributed by atoms with E-state index in [0.717, 1.165) is 5.56 Å². The standard InChI is InChI=1S/C27H24Cl2N2O5/c1-3-35-26(32)23-24(17-7-5-4-6-8-17)30-27(33)31-25(23)18-10-12-21(22(14-18)34-2)36-15-16-9-11-19(28)20(29)13-16/h4-14,25H,3,15H2,1-2H3,(H2,30,31,33)/t25-/m0/s1. The average molecular weight is 527 g/mol. The molecule has 3 aromatic rings. The number of methoxy groups -OCH3 is 1. The van der Waals surface area contributed by atoms with Crippen molar-refractivity contribution in [3.05, 3.63) is 99.0 Å². The van der Waals surface area contributed by atoms with Crippen LogP contribution in [-0.4, -0.2) is 25.7 Å². The highest BCUT2D eigenvalue weighted by Gasteiger charge is 2.34. The number of rotatable bonds is 8. The second-order valence-corrected chi connectivity index (χ2v) is 8.67. The molecule has 1 heterocycles. The van der Waals surface area contributed by atoms with E-state index >= 15 is 0 Å². The summed E-state index contributed by atoms with van der Waals surface area (Å²) < 4.78 is 16.8. The van der Waals surface area contributed by atoms with Crippen molar-refractivity contribution in [1.82, 2.24) is 10.6 Å². The van der Waals surface area contributed by atoms with Crippen LogP contribution in [0.1, 0.15) is 29.7 Å². The number of carbonyl (C=O) groups is 2. The number of hydrogen-bond donors (Lipinski definition) is 2. The van der Waals surface area contributed by atoms with Gasteiger partial charge in [-0.3, -0.25) is 0 Å². The molecule has 36 heavy (non-hydrogen) atoms. The van der Waals surface area contributed by atoms with E-state index < -0.39 is 18.0 Å². The number of halogens is 2. The van der Waals surface area contributed by atoms with Gasteiger partial charge in [0.15, 0.2) is 11.5 Å². The Balaban J connectivity index is 1.69. The molecule has 0 spiro atoms. The molecule has 2 N–H and O–H groups in total. The fourth-order valence-corrected chi connectivity index (χ4v) is 4.17. The van der Waals surface area contributed by atoms with Gasteiger partial charge in [0.25, 0.3) is 0 Å². The third-order valence-corrected chi connectivity index (χ3v) is 6.27. The lowest BCUT2D eigenvalue weighted by Gasteiger charge is -2.30. The van der Waals surface area contributed by atoms with Crippen LogP contribution in [0.2, 0.25) is 10.0 Å². The molecule has 3 aromatic carbocycles. The topological polar surface area (TPSA) is 85.9 Å². The summed E-state index contributed by atoms with van der Waals surface area (Å²) in [6.07, 6.45) is 0. The van der Waals surface area contributed by atoms with E-state index in [0.29, 0.717) is 38.4 Å². The zero-order chi connectivity index (χ0) is 25.7. The van der Waals surface area contributed by atoms with Gasteiger partial charge in [-0.15, -0.1) is 0 Å². The van der Waals surface area contributed by atoms with Gasteiger partial charge in [0, 0.05) is 0 Å². The number of amides is 2. The van der Waals surface area contributed by atoms with Crippen molar-refractivity contribution >= 4 is 40.9 Å². The number of benzene rings is 3. The molecule has 0 aromatic heterocycles. The number of ether oxygens (including phenoxy) is 3. The fraction of sp³-hybridized carbons (Fsp3) is 0.185. The highest BCUT2D eigenvalue weighted by Crippen LogP contribution is 2.37. The minimum atomic E-state index is -0.772. The van der Waals surface area contributed by atoms with Gasteiger partial charge in [0.1, 0.15) is 6.61 Å². The Morgan fingerprint density at radius 1 is 0.972 bits per heavy atom. The molecule has 0 saturated carbocycles. The van der Waals surface area contributed by atoms with Gasteiger partial charge in [-0.05, 0) is 47.9 Å². The number of urea groups is 1. The molecule has 9 heteroatoms. The molecular weight excluding hydrogens is 503 g/mol. The Morgan fingerprint density at radius 2 is 1.75 bits per heavy atom. The normalized spacial score (nSPS) is 15.1. The van der Waals surface area contributed by atoms with Crippen LogP contribution in [0.3, 0.4) is 0 Å². The summed E-state index contributed by atoms with van der Waals surface area (Å²) in [5.41, 5.74) is 2.83. The van der Waals surface area contributed by atoms with Gasteiger partial charge in [-0.2, -0.15) is 0 Å². The largest absolute Gasteiger partial charge is 0.493 e. The van der Waals surface area contributed by atoms with Gasteiger partial charge < -0.3 is 24.8 Å². The van der Waals surface area contributed by atoms with E-state index in [1.807, 2.05) is 36.4 Å². The monoisotopic (exact) mass is 526 g/mol. The van der Waals surface area contributed by atoms with Gasteiger partial charge in [0.2, 0.25) is 0 Å². The fourth-order valence-electron chi connectivity index (χ4n) is 3.85. The minimum Gasteiger partial charge on any atom is -0.493 e. The summed E-state index contributed by atoms with van der Waals surface area (Å²) in [5.74, 6) is 0.384. The van der Waals surface area contributed by atoms with Gasteiger partial charge in [-0.1, -0.05) is 65.7 Å². The summed E-state index contributed by atoms with van der Waals surface area (Å²) in [6, 6.07) is 18.4. The molecule has 0 bridgehead atoms. The molecule has 1 atom stereocenters. The summed E-state index contributed by atoms with van der Waals surface area (Å²) in [5, 5.41) is 6.49. The van der Waals surface area contributed by atoms with Crippen LogP contribution in [0.5, 0.6) is 11.5 Å². The van der Waals surface area contributed by atoms with Crippen LogP contribution < -0.4 is 20.1 Å². The Labute approximate surface area is 219 Å². The molecule has 0 aliphatic carbocycles. The van der Waals surface area contributed by atoms with E-state index in [2.05, 4.69) is 10.6 Å². The third kappa shape index (κ3) is 5.58. The first-order chi connectivity index (χ1) is 17.4. The molecule has 0 unspecified atom stereocenters. The Morgan fingerprint density at radius 3 is 2.44 bits per heavy atom. The maximum absolute atomic E-state index is 13.1. The van der Waals surface area contributed by atoms with Crippen LogP contribution in [-0.2, 0) is 16.1 Å². The smallest absolute Gasteiger partial charge is 0.338 e. The lowest BCUT2D eigenvalue weighted by atomic mass is 9.92. The van der Waals surface area contributed by atoms with Crippen LogP contribution in [0.15, 0.2) is 72.3 Å². The van der Waals surface area contributed by atoms with Crippen molar-refractivity contribution in [2.75, 3.05) is 13.7 Å². The molecule has 0 saturated heterocycles. The first-order valence-corrected chi connectivity index (χ1v) is 12.0. The maximum atomic E-state index is 13.1.